The molecule has 0 radical (unpaired) electrons. The Balaban J connectivity index is 1.57. The van der Waals surface area contributed by atoms with Crippen LogP contribution in [0.2, 0.25) is 0 Å². The molecular weight excluding hydrogens is 390 g/mol. The van der Waals surface area contributed by atoms with Crippen LogP contribution in [-0.2, 0) is 0 Å². The number of nitrogens with zero attached hydrogens (tertiary/aromatic N) is 4. The third kappa shape index (κ3) is 4.71. The van der Waals surface area contributed by atoms with E-state index in [0.717, 1.165) is 71.6 Å². The van der Waals surface area contributed by atoms with Gasteiger partial charge in [-0.2, -0.15) is 0 Å². The van der Waals surface area contributed by atoms with E-state index in [1.165, 1.54) is 0 Å². The Kier molecular flexibility index (Phi) is 6.21. The third-order valence-corrected chi connectivity index (χ3v) is 5.75. The van der Waals surface area contributed by atoms with E-state index in [1.54, 1.807) is 26.6 Å². The molecule has 31 heavy (non-hydrogen) atoms. The molecule has 2 aromatic heterocycles. The topological polar surface area (TPSA) is 72.4 Å². The van der Waals surface area contributed by atoms with Crippen molar-refractivity contribution < 1.29 is 9.47 Å². The number of benzene rings is 1. The van der Waals surface area contributed by atoms with E-state index in [1.807, 2.05) is 37.3 Å². The van der Waals surface area contributed by atoms with Gasteiger partial charge in [-0.15, -0.1) is 0 Å². The summed E-state index contributed by atoms with van der Waals surface area (Å²) in [7, 11) is 3.34. The lowest BCUT2D eigenvalue weighted by molar-refractivity contribution is 0.394. The Morgan fingerprint density at radius 2 is 1.71 bits per heavy atom. The van der Waals surface area contributed by atoms with Gasteiger partial charge in [-0.3, -0.25) is 4.98 Å². The fourth-order valence-corrected chi connectivity index (χ4v) is 3.97. The Morgan fingerprint density at radius 1 is 1.00 bits per heavy atom. The molecule has 0 spiro atoms. The summed E-state index contributed by atoms with van der Waals surface area (Å²) < 4.78 is 10.8. The summed E-state index contributed by atoms with van der Waals surface area (Å²) in [6, 6.07) is 10.1. The van der Waals surface area contributed by atoms with E-state index in [0.29, 0.717) is 6.04 Å². The van der Waals surface area contributed by atoms with Gasteiger partial charge in [0.05, 0.1) is 14.2 Å². The first kappa shape index (κ1) is 20.9. The van der Waals surface area contributed by atoms with Crippen LogP contribution in [0.15, 0.2) is 42.7 Å². The van der Waals surface area contributed by atoms with Gasteiger partial charge in [0.2, 0.25) is 0 Å². The molecule has 3 heterocycles. The maximum atomic E-state index is 5.41. The Bertz CT molecular complexity index is 1020. The normalized spacial score (nSPS) is 16.1. The molecule has 4 rings (SSSR count). The molecule has 0 saturated carbocycles. The van der Waals surface area contributed by atoms with Gasteiger partial charge >= 0.3 is 0 Å². The number of hydrogen-bond acceptors (Lipinski definition) is 7. The molecule has 1 N–H and O–H groups in total. The maximum absolute atomic E-state index is 5.41. The largest absolute Gasteiger partial charge is 0.497 e. The van der Waals surface area contributed by atoms with Crippen LogP contribution in [0, 0.1) is 13.8 Å². The predicted octanol–water partition coefficient (Wildman–Crippen LogP) is 4.25. The molecular formula is C24H29N5O2. The van der Waals surface area contributed by atoms with Gasteiger partial charge in [0.25, 0.3) is 0 Å². The van der Waals surface area contributed by atoms with E-state index in [2.05, 4.69) is 22.1 Å². The fourth-order valence-electron chi connectivity index (χ4n) is 3.97. The average molecular weight is 420 g/mol. The molecule has 3 aromatic rings. The van der Waals surface area contributed by atoms with Crippen molar-refractivity contribution in [1.82, 2.24) is 15.0 Å². The van der Waals surface area contributed by atoms with Gasteiger partial charge in [-0.05, 0) is 38.8 Å². The van der Waals surface area contributed by atoms with E-state index in [-0.39, 0.29) is 0 Å². The third-order valence-electron chi connectivity index (χ3n) is 5.75. The lowest BCUT2D eigenvalue weighted by Crippen LogP contribution is -2.43. The maximum Gasteiger partial charge on any atom is 0.161 e. The summed E-state index contributed by atoms with van der Waals surface area (Å²) in [6.07, 6.45) is 5.73. The van der Waals surface area contributed by atoms with Crippen molar-refractivity contribution in [3.8, 4) is 22.9 Å². The van der Waals surface area contributed by atoms with Crippen LogP contribution in [0.1, 0.15) is 24.1 Å². The highest BCUT2D eigenvalue weighted by atomic mass is 16.5. The quantitative estimate of drug-likeness (QED) is 0.640. The molecule has 0 amide bonds. The van der Waals surface area contributed by atoms with E-state index < -0.39 is 0 Å². The zero-order valence-corrected chi connectivity index (χ0v) is 18.6. The van der Waals surface area contributed by atoms with E-state index in [4.69, 9.17) is 19.4 Å². The van der Waals surface area contributed by atoms with Crippen LogP contribution in [0.25, 0.3) is 11.4 Å². The number of methoxy groups -OCH3 is 2. The highest BCUT2D eigenvalue weighted by Gasteiger charge is 2.24. The molecule has 1 aliphatic rings. The number of rotatable bonds is 6. The zero-order valence-electron chi connectivity index (χ0n) is 18.6. The van der Waals surface area contributed by atoms with Gasteiger partial charge in [-0.1, -0.05) is 0 Å². The van der Waals surface area contributed by atoms with Gasteiger partial charge in [0, 0.05) is 72.2 Å². The minimum absolute atomic E-state index is 0.296. The van der Waals surface area contributed by atoms with Crippen LogP contribution < -0.4 is 19.7 Å². The first-order valence-corrected chi connectivity index (χ1v) is 10.6. The molecule has 1 saturated heterocycles. The summed E-state index contributed by atoms with van der Waals surface area (Å²) >= 11 is 0. The number of nitrogens with one attached hydrogen (secondary N) is 1. The number of ether oxygens (including phenoxy) is 2. The Labute approximate surface area is 183 Å². The smallest absolute Gasteiger partial charge is 0.161 e. The second-order valence-electron chi connectivity index (χ2n) is 7.85. The molecule has 1 aliphatic heterocycles. The van der Waals surface area contributed by atoms with Crippen LogP contribution in [0.5, 0.6) is 11.5 Å². The van der Waals surface area contributed by atoms with Crippen molar-refractivity contribution in [3.05, 3.63) is 54.0 Å². The molecule has 162 valence electrons. The van der Waals surface area contributed by atoms with Crippen molar-refractivity contribution in [2.24, 2.45) is 0 Å². The first-order chi connectivity index (χ1) is 15.1. The molecule has 1 fully saturated rings. The fraction of sp³-hybridized carbons (Fsp3) is 0.375. The Hall–Kier alpha value is -3.35. The zero-order chi connectivity index (χ0) is 21.8. The lowest BCUT2D eigenvalue weighted by atomic mass is 10.0. The summed E-state index contributed by atoms with van der Waals surface area (Å²) in [4.78, 5) is 16.1. The van der Waals surface area contributed by atoms with Gasteiger partial charge < -0.3 is 19.7 Å². The van der Waals surface area contributed by atoms with Crippen LogP contribution in [0.3, 0.4) is 0 Å². The van der Waals surface area contributed by atoms with Crippen molar-refractivity contribution >= 4 is 11.5 Å². The van der Waals surface area contributed by atoms with E-state index >= 15 is 0 Å². The minimum atomic E-state index is 0.296. The highest BCUT2D eigenvalue weighted by molar-refractivity contribution is 5.60. The van der Waals surface area contributed by atoms with Crippen molar-refractivity contribution in [1.29, 1.82) is 0 Å². The van der Waals surface area contributed by atoms with Crippen LogP contribution in [0.4, 0.5) is 11.5 Å². The van der Waals surface area contributed by atoms with Crippen molar-refractivity contribution in [3.63, 3.8) is 0 Å². The molecule has 0 bridgehead atoms. The lowest BCUT2D eigenvalue weighted by Gasteiger charge is -2.35. The van der Waals surface area contributed by atoms with Crippen molar-refractivity contribution in [2.45, 2.75) is 32.7 Å². The molecule has 1 unspecified atom stereocenters. The summed E-state index contributed by atoms with van der Waals surface area (Å²) in [5.74, 6) is 3.31. The molecule has 7 nitrogen and oxygen atoms in total. The number of hydrogen-bond donors (Lipinski definition) is 1. The highest BCUT2D eigenvalue weighted by Crippen LogP contribution is 2.30. The Morgan fingerprint density at radius 3 is 2.39 bits per heavy atom. The number of anilines is 2. The second kappa shape index (κ2) is 9.20. The summed E-state index contributed by atoms with van der Waals surface area (Å²) in [5.41, 5.74) is 4.11. The van der Waals surface area contributed by atoms with Crippen LogP contribution in [-0.4, -0.2) is 48.3 Å². The number of pyridine rings is 1. The average Bonchev–Trinajstić information content (AvgIpc) is 2.81. The number of piperidine rings is 1. The number of aromatic nitrogens is 3. The van der Waals surface area contributed by atoms with Crippen LogP contribution >= 0.6 is 0 Å². The number of aryl methyl sites for hydroxylation is 1. The molecule has 0 aliphatic carbocycles. The predicted molar refractivity (Wildman–Crippen MR) is 123 cm³/mol. The van der Waals surface area contributed by atoms with Gasteiger partial charge in [-0.25, -0.2) is 9.97 Å². The SMILES string of the molecule is COc1cc(NC2CCCN(c3nc(-c4ccncc4)nc(C)c3C)C2)cc(OC)c1. The first-order valence-electron chi connectivity index (χ1n) is 10.6. The minimum Gasteiger partial charge on any atom is -0.497 e. The standard InChI is InChI=1S/C24H29N5O2/c1-16-17(2)26-23(18-7-9-25-10-8-18)28-24(16)29-11-5-6-19(15-29)27-20-12-21(30-3)14-22(13-20)31-4/h7-10,12-14,19,27H,5-6,11,15H2,1-4H3. The summed E-state index contributed by atoms with van der Waals surface area (Å²) in [6.45, 7) is 6.00. The van der Waals surface area contributed by atoms with Crippen molar-refractivity contribution in [2.75, 3.05) is 37.5 Å². The van der Waals surface area contributed by atoms with Gasteiger partial charge in [0.15, 0.2) is 5.82 Å². The molecule has 1 atom stereocenters. The second-order valence-corrected chi connectivity index (χ2v) is 7.85. The monoisotopic (exact) mass is 419 g/mol. The van der Waals surface area contributed by atoms with E-state index in [9.17, 15) is 0 Å². The molecule has 7 heteroatoms. The van der Waals surface area contributed by atoms with Gasteiger partial charge in [0.1, 0.15) is 17.3 Å². The summed E-state index contributed by atoms with van der Waals surface area (Å²) in [5, 5.41) is 3.66. The molecule has 1 aromatic carbocycles.